The summed E-state index contributed by atoms with van der Waals surface area (Å²) < 4.78 is 1.09. The third-order valence-electron chi connectivity index (χ3n) is 1.17. The summed E-state index contributed by atoms with van der Waals surface area (Å²) in [5, 5.41) is 8.55. The maximum Gasteiger partial charge on any atom is 0.0525 e. The molecule has 0 radical (unpaired) electrons. The number of hydrogen-bond donors (Lipinski definition) is 1. The maximum absolute atomic E-state index is 8.55. The van der Waals surface area contributed by atoms with Crippen LogP contribution in [0.4, 0.5) is 0 Å². The quantitative estimate of drug-likeness (QED) is 0.809. The third kappa shape index (κ3) is 3.27. The SMILES string of the molecule is OCCSc1ccc(Br)cc1. The fourth-order valence-electron chi connectivity index (χ4n) is 0.694. The first-order chi connectivity index (χ1) is 5.33. The average Bonchev–Trinajstić information content (AvgIpc) is 2.04. The van der Waals surface area contributed by atoms with Crippen molar-refractivity contribution >= 4 is 27.7 Å². The number of thioether (sulfide) groups is 1. The van der Waals surface area contributed by atoms with Crippen molar-refractivity contribution in [3.05, 3.63) is 28.7 Å². The molecular weight excluding hydrogens is 224 g/mol. The van der Waals surface area contributed by atoms with Gasteiger partial charge >= 0.3 is 0 Å². The summed E-state index contributed by atoms with van der Waals surface area (Å²) in [5.41, 5.74) is 0. The molecule has 1 N–H and O–H groups in total. The second kappa shape index (κ2) is 4.80. The highest BCUT2D eigenvalue weighted by molar-refractivity contribution is 9.10. The van der Waals surface area contributed by atoms with Crippen LogP contribution >= 0.6 is 27.7 Å². The molecule has 0 bridgehead atoms. The lowest BCUT2D eigenvalue weighted by molar-refractivity contribution is 0.322. The molecule has 0 aromatic heterocycles. The minimum atomic E-state index is 0.237. The van der Waals surface area contributed by atoms with E-state index in [4.69, 9.17) is 5.11 Å². The van der Waals surface area contributed by atoms with E-state index in [1.54, 1.807) is 11.8 Å². The van der Waals surface area contributed by atoms with Crippen LogP contribution < -0.4 is 0 Å². The first-order valence-electron chi connectivity index (χ1n) is 3.32. The zero-order valence-corrected chi connectivity index (χ0v) is 8.36. The van der Waals surface area contributed by atoms with Crippen LogP contribution in [0.25, 0.3) is 0 Å². The highest BCUT2D eigenvalue weighted by Crippen LogP contribution is 2.19. The van der Waals surface area contributed by atoms with E-state index in [0.29, 0.717) is 0 Å². The normalized spacial score (nSPS) is 10.0. The Kier molecular flexibility index (Phi) is 3.97. The molecule has 0 aliphatic rings. The highest BCUT2D eigenvalue weighted by Gasteiger charge is 1.91. The molecule has 3 heteroatoms. The molecule has 0 saturated heterocycles. The molecule has 0 aliphatic carbocycles. The number of aliphatic hydroxyl groups is 1. The summed E-state index contributed by atoms with van der Waals surface area (Å²) in [6, 6.07) is 8.06. The van der Waals surface area contributed by atoms with Gasteiger partial charge in [-0.1, -0.05) is 15.9 Å². The summed E-state index contributed by atoms with van der Waals surface area (Å²) in [7, 11) is 0. The van der Waals surface area contributed by atoms with Crippen molar-refractivity contribution in [3.8, 4) is 0 Å². The van der Waals surface area contributed by atoms with Crippen molar-refractivity contribution in [3.63, 3.8) is 0 Å². The predicted octanol–water partition coefficient (Wildman–Crippen LogP) is 2.53. The molecule has 0 heterocycles. The first-order valence-corrected chi connectivity index (χ1v) is 5.10. The number of aliphatic hydroxyl groups excluding tert-OH is 1. The van der Waals surface area contributed by atoms with Crippen molar-refractivity contribution in [1.82, 2.24) is 0 Å². The molecule has 1 aromatic rings. The zero-order valence-electron chi connectivity index (χ0n) is 5.96. The Hall–Kier alpha value is 0.01000. The first kappa shape index (κ1) is 9.10. The largest absolute Gasteiger partial charge is 0.396 e. The van der Waals surface area contributed by atoms with Gasteiger partial charge in [0.2, 0.25) is 0 Å². The Balaban J connectivity index is 2.52. The summed E-state index contributed by atoms with van der Waals surface area (Å²) in [4.78, 5) is 1.20. The summed E-state index contributed by atoms with van der Waals surface area (Å²) in [5.74, 6) is 0.766. The molecule has 0 fully saturated rings. The molecule has 60 valence electrons. The molecule has 11 heavy (non-hydrogen) atoms. The van der Waals surface area contributed by atoms with Crippen molar-refractivity contribution in [1.29, 1.82) is 0 Å². The zero-order chi connectivity index (χ0) is 8.10. The molecule has 0 spiro atoms. The van der Waals surface area contributed by atoms with Gasteiger partial charge in [0.15, 0.2) is 0 Å². The molecule has 0 unspecified atom stereocenters. The van der Waals surface area contributed by atoms with Crippen LogP contribution in [0.5, 0.6) is 0 Å². The summed E-state index contributed by atoms with van der Waals surface area (Å²) in [6.07, 6.45) is 0. The molecule has 1 aromatic carbocycles. The van der Waals surface area contributed by atoms with Crippen LogP contribution in [0.15, 0.2) is 33.6 Å². The molecular formula is C8H9BrOS. The van der Waals surface area contributed by atoms with Crippen LogP contribution in [0, 0.1) is 0 Å². The summed E-state index contributed by atoms with van der Waals surface area (Å²) in [6.45, 7) is 0.237. The van der Waals surface area contributed by atoms with Gasteiger partial charge in [0.1, 0.15) is 0 Å². The van der Waals surface area contributed by atoms with Crippen molar-refractivity contribution in [2.45, 2.75) is 4.90 Å². The fourth-order valence-corrected chi connectivity index (χ4v) is 1.61. The Morgan fingerprint density at radius 1 is 1.27 bits per heavy atom. The van der Waals surface area contributed by atoms with Gasteiger partial charge in [-0.25, -0.2) is 0 Å². The van der Waals surface area contributed by atoms with Gasteiger partial charge in [-0.05, 0) is 24.3 Å². The lowest BCUT2D eigenvalue weighted by Crippen LogP contribution is -1.84. The molecule has 0 amide bonds. The summed E-state index contributed by atoms with van der Waals surface area (Å²) >= 11 is 5.01. The van der Waals surface area contributed by atoms with E-state index < -0.39 is 0 Å². The van der Waals surface area contributed by atoms with E-state index in [1.165, 1.54) is 4.90 Å². The van der Waals surface area contributed by atoms with Gasteiger partial charge in [0.05, 0.1) is 6.61 Å². The lowest BCUT2D eigenvalue weighted by Gasteiger charge is -1.97. The number of halogens is 1. The Morgan fingerprint density at radius 3 is 2.45 bits per heavy atom. The smallest absolute Gasteiger partial charge is 0.0525 e. The van der Waals surface area contributed by atoms with Crippen LogP contribution in [-0.2, 0) is 0 Å². The van der Waals surface area contributed by atoms with Gasteiger partial charge in [-0.3, -0.25) is 0 Å². The van der Waals surface area contributed by atoms with E-state index in [2.05, 4.69) is 15.9 Å². The fraction of sp³-hybridized carbons (Fsp3) is 0.250. The second-order valence-electron chi connectivity index (χ2n) is 2.03. The average molecular weight is 233 g/mol. The number of hydrogen-bond acceptors (Lipinski definition) is 2. The van der Waals surface area contributed by atoms with Crippen LogP contribution in [0.3, 0.4) is 0 Å². The van der Waals surface area contributed by atoms with Gasteiger partial charge in [0.25, 0.3) is 0 Å². The van der Waals surface area contributed by atoms with E-state index in [1.807, 2.05) is 24.3 Å². The van der Waals surface area contributed by atoms with E-state index in [0.717, 1.165) is 10.2 Å². The molecule has 0 aliphatic heterocycles. The van der Waals surface area contributed by atoms with Crippen molar-refractivity contribution in [2.24, 2.45) is 0 Å². The number of benzene rings is 1. The van der Waals surface area contributed by atoms with Gasteiger partial charge < -0.3 is 5.11 Å². The van der Waals surface area contributed by atoms with Crippen molar-refractivity contribution < 1.29 is 5.11 Å². The van der Waals surface area contributed by atoms with Gasteiger partial charge in [-0.2, -0.15) is 0 Å². The van der Waals surface area contributed by atoms with Crippen LogP contribution in [0.1, 0.15) is 0 Å². The molecule has 1 rings (SSSR count). The minimum Gasteiger partial charge on any atom is -0.396 e. The Bertz CT molecular complexity index is 210. The lowest BCUT2D eigenvalue weighted by atomic mass is 10.4. The standard InChI is InChI=1S/C8H9BrOS/c9-7-1-3-8(4-2-7)11-6-5-10/h1-4,10H,5-6H2. The Labute approximate surface area is 78.9 Å². The van der Waals surface area contributed by atoms with E-state index in [-0.39, 0.29) is 6.61 Å². The molecule has 1 nitrogen and oxygen atoms in total. The van der Waals surface area contributed by atoms with Gasteiger partial charge in [-0.15, -0.1) is 11.8 Å². The number of rotatable bonds is 3. The van der Waals surface area contributed by atoms with Gasteiger partial charge in [0, 0.05) is 15.1 Å². The van der Waals surface area contributed by atoms with E-state index >= 15 is 0 Å². The predicted molar refractivity (Wildman–Crippen MR) is 52.0 cm³/mol. The molecule has 0 saturated carbocycles. The highest BCUT2D eigenvalue weighted by atomic mass is 79.9. The monoisotopic (exact) mass is 232 g/mol. The second-order valence-corrected chi connectivity index (χ2v) is 4.11. The van der Waals surface area contributed by atoms with Crippen LogP contribution in [0.2, 0.25) is 0 Å². The topological polar surface area (TPSA) is 20.2 Å². The Morgan fingerprint density at radius 2 is 1.91 bits per heavy atom. The van der Waals surface area contributed by atoms with Crippen LogP contribution in [-0.4, -0.2) is 17.5 Å². The molecule has 0 atom stereocenters. The van der Waals surface area contributed by atoms with E-state index in [9.17, 15) is 0 Å². The maximum atomic E-state index is 8.55. The van der Waals surface area contributed by atoms with Crippen molar-refractivity contribution in [2.75, 3.05) is 12.4 Å². The third-order valence-corrected chi connectivity index (χ3v) is 2.69. The minimum absolute atomic E-state index is 0.237.